The number of aromatic nitrogens is 2. The average molecular weight is 506 g/mol. The summed E-state index contributed by atoms with van der Waals surface area (Å²) in [6, 6.07) is 17.9. The van der Waals surface area contributed by atoms with Crippen molar-refractivity contribution in [1.82, 2.24) is 14.7 Å². The van der Waals surface area contributed by atoms with Crippen LogP contribution in [0.2, 0.25) is 0 Å². The van der Waals surface area contributed by atoms with Gasteiger partial charge in [0.05, 0.1) is 35.5 Å². The van der Waals surface area contributed by atoms with Crippen LogP contribution < -0.4 is 4.74 Å². The van der Waals surface area contributed by atoms with Crippen LogP contribution in [-0.4, -0.2) is 50.8 Å². The first-order valence-corrected chi connectivity index (χ1v) is 13.1. The molecule has 1 atom stereocenters. The van der Waals surface area contributed by atoms with Crippen LogP contribution in [0.3, 0.4) is 0 Å². The van der Waals surface area contributed by atoms with Crippen LogP contribution in [0.5, 0.6) is 5.75 Å². The minimum absolute atomic E-state index is 0.0571. The molecule has 8 heteroatoms. The highest BCUT2D eigenvalue weighted by atomic mass is 32.2. The van der Waals surface area contributed by atoms with Gasteiger partial charge in [0.25, 0.3) is 5.91 Å². The number of amides is 1. The Kier molecular flexibility index (Phi) is 7.32. The lowest BCUT2D eigenvalue weighted by Crippen LogP contribution is -2.35. The minimum Gasteiger partial charge on any atom is -0.494 e. The number of carbonyl (C=O) groups excluding carboxylic acids is 1. The third-order valence-electron chi connectivity index (χ3n) is 5.93. The predicted molar refractivity (Wildman–Crippen MR) is 144 cm³/mol. The van der Waals surface area contributed by atoms with E-state index in [1.54, 1.807) is 4.90 Å². The van der Waals surface area contributed by atoms with E-state index >= 15 is 0 Å². The Bertz CT molecular complexity index is 1230. The van der Waals surface area contributed by atoms with Gasteiger partial charge in [0, 0.05) is 23.9 Å². The van der Waals surface area contributed by atoms with E-state index < -0.39 is 0 Å². The molecular weight excluding hydrogens is 478 g/mol. The minimum atomic E-state index is -0.0720. The molecule has 3 heterocycles. The van der Waals surface area contributed by atoms with Crippen molar-refractivity contribution in [2.75, 3.05) is 19.8 Å². The number of thioether (sulfide) groups is 1. The van der Waals surface area contributed by atoms with E-state index in [1.165, 1.54) is 11.8 Å². The predicted octanol–water partition coefficient (Wildman–Crippen LogP) is 5.71. The number of nitrogens with zero attached hydrogens (tertiary/aromatic N) is 3. The third-order valence-corrected chi connectivity index (χ3v) is 7.31. The van der Waals surface area contributed by atoms with Crippen molar-refractivity contribution in [3.8, 4) is 22.7 Å². The molecular formula is C27H27N3O3S2. The molecule has 0 spiro atoms. The molecule has 2 aromatic carbocycles. The van der Waals surface area contributed by atoms with E-state index in [9.17, 15) is 4.79 Å². The quantitative estimate of drug-likeness (QED) is 0.289. The van der Waals surface area contributed by atoms with Crippen LogP contribution in [-0.2, 0) is 9.53 Å². The van der Waals surface area contributed by atoms with Gasteiger partial charge in [0.15, 0.2) is 0 Å². The molecule has 0 saturated carbocycles. The number of hydrogen-bond donors (Lipinski definition) is 0. The highest BCUT2D eigenvalue weighted by molar-refractivity contribution is 8.26. The SMILES string of the molecule is CCCOc1ccc(-c2nn(-c3ccccc3)cc2C=C2SC(=S)N(CC3CCCO3)C2=O)cc1. The van der Waals surface area contributed by atoms with Gasteiger partial charge in [-0.1, -0.05) is 49.1 Å². The van der Waals surface area contributed by atoms with Crippen molar-refractivity contribution < 1.29 is 14.3 Å². The third kappa shape index (κ3) is 5.34. The summed E-state index contributed by atoms with van der Waals surface area (Å²) in [7, 11) is 0. The molecule has 2 saturated heterocycles. The van der Waals surface area contributed by atoms with Crippen molar-refractivity contribution in [1.29, 1.82) is 0 Å². The molecule has 180 valence electrons. The molecule has 35 heavy (non-hydrogen) atoms. The maximum absolute atomic E-state index is 13.2. The fraction of sp³-hybridized carbons (Fsp3) is 0.296. The molecule has 1 amide bonds. The Balaban J connectivity index is 1.47. The smallest absolute Gasteiger partial charge is 0.266 e. The Hall–Kier alpha value is -2.94. The first-order valence-electron chi connectivity index (χ1n) is 11.9. The summed E-state index contributed by atoms with van der Waals surface area (Å²) in [6.45, 7) is 4.03. The van der Waals surface area contributed by atoms with Crippen molar-refractivity contribution in [3.63, 3.8) is 0 Å². The summed E-state index contributed by atoms with van der Waals surface area (Å²) >= 11 is 6.88. The second-order valence-electron chi connectivity index (χ2n) is 8.51. The van der Waals surface area contributed by atoms with Crippen LogP contribution in [0.1, 0.15) is 31.7 Å². The first-order chi connectivity index (χ1) is 17.1. The summed E-state index contributed by atoms with van der Waals surface area (Å²) in [6.07, 6.45) is 6.86. The van der Waals surface area contributed by atoms with Crippen LogP contribution in [0.15, 0.2) is 65.7 Å². The van der Waals surface area contributed by atoms with Crippen molar-refractivity contribution >= 4 is 40.3 Å². The molecule has 5 rings (SSSR count). The molecule has 2 aliphatic heterocycles. The van der Waals surface area contributed by atoms with Gasteiger partial charge in [-0.2, -0.15) is 5.10 Å². The number of rotatable bonds is 8. The van der Waals surface area contributed by atoms with Crippen LogP contribution in [0.25, 0.3) is 23.0 Å². The number of benzene rings is 2. The van der Waals surface area contributed by atoms with Crippen LogP contribution in [0.4, 0.5) is 0 Å². The second-order valence-corrected chi connectivity index (χ2v) is 10.2. The maximum atomic E-state index is 13.2. The Morgan fingerprint density at radius 3 is 2.71 bits per heavy atom. The molecule has 0 aliphatic carbocycles. The number of ether oxygens (including phenoxy) is 2. The fourth-order valence-corrected chi connectivity index (χ4v) is 5.42. The molecule has 2 fully saturated rings. The maximum Gasteiger partial charge on any atom is 0.266 e. The summed E-state index contributed by atoms with van der Waals surface area (Å²) < 4.78 is 13.9. The monoisotopic (exact) mass is 505 g/mol. The van der Waals surface area contributed by atoms with Gasteiger partial charge in [0.1, 0.15) is 10.1 Å². The summed E-state index contributed by atoms with van der Waals surface area (Å²) in [5, 5.41) is 4.88. The molecule has 1 unspecified atom stereocenters. The Morgan fingerprint density at radius 1 is 1.20 bits per heavy atom. The number of thiocarbonyl (C=S) groups is 1. The zero-order chi connectivity index (χ0) is 24.2. The van der Waals surface area contributed by atoms with Gasteiger partial charge >= 0.3 is 0 Å². The zero-order valence-corrected chi connectivity index (χ0v) is 21.2. The van der Waals surface area contributed by atoms with E-state index in [2.05, 4.69) is 6.92 Å². The van der Waals surface area contributed by atoms with E-state index in [0.29, 0.717) is 22.4 Å². The van der Waals surface area contributed by atoms with E-state index in [-0.39, 0.29) is 12.0 Å². The average Bonchev–Trinajstić information content (AvgIpc) is 3.61. The highest BCUT2D eigenvalue weighted by Gasteiger charge is 2.35. The second kappa shape index (κ2) is 10.8. The van der Waals surface area contributed by atoms with E-state index in [1.807, 2.05) is 71.6 Å². The van der Waals surface area contributed by atoms with Crippen molar-refractivity contribution in [2.24, 2.45) is 0 Å². The van der Waals surface area contributed by atoms with E-state index in [4.69, 9.17) is 26.8 Å². The van der Waals surface area contributed by atoms with Crippen LogP contribution >= 0.6 is 24.0 Å². The molecule has 3 aromatic rings. The summed E-state index contributed by atoms with van der Waals surface area (Å²) in [5.41, 5.74) is 3.54. The lowest BCUT2D eigenvalue weighted by atomic mass is 10.1. The zero-order valence-electron chi connectivity index (χ0n) is 19.6. The largest absolute Gasteiger partial charge is 0.494 e. The Morgan fingerprint density at radius 2 is 2.00 bits per heavy atom. The van der Waals surface area contributed by atoms with Crippen LogP contribution in [0, 0.1) is 0 Å². The van der Waals surface area contributed by atoms with E-state index in [0.717, 1.165) is 54.1 Å². The lowest BCUT2D eigenvalue weighted by molar-refractivity contribution is -0.123. The van der Waals surface area contributed by atoms with Gasteiger partial charge in [-0.15, -0.1) is 0 Å². The molecule has 2 aliphatic rings. The molecule has 0 radical (unpaired) electrons. The molecule has 0 bridgehead atoms. The van der Waals surface area contributed by atoms with Gasteiger partial charge in [-0.05, 0) is 61.7 Å². The first kappa shape index (κ1) is 23.8. The summed E-state index contributed by atoms with van der Waals surface area (Å²) in [4.78, 5) is 15.5. The topological polar surface area (TPSA) is 56.6 Å². The van der Waals surface area contributed by atoms with Gasteiger partial charge in [-0.25, -0.2) is 4.68 Å². The molecule has 1 aromatic heterocycles. The fourth-order valence-electron chi connectivity index (χ4n) is 4.15. The van der Waals surface area contributed by atoms with Gasteiger partial charge < -0.3 is 9.47 Å². The standard InChI is InChI=1S/C27H27N3O3S2/c1-2-14-32-22-12-10-19(11-13-22)25-20(17-30(28-25)21-7-4-3-5-8-21)16-24-26(31)29(27(34)35-24)18-23-9-6-15-33-23/h3-5,7-8,10-13,16-17,23H,2,6,9,14-15,18H2,1H3. The molecule has 6 nitrogen and oxygen atoms in total. The molecule has 0 N–H and O–H groups in total. The number of para-hydroxylation sites is 1. The van der Waals surface area contributed by atoms with Crippen molar-refractivity contribution in [3.05, 3.63) is 71.3 Å². The number of carbonyl (C=O) groups is 1. The summed E-state index contributed by atoms with van der Waals surface area (Å²) in [5.74, 6) is 0.756. The van der Waals surface area contributed by atoms with Gasteiger partial charge in [-0.3, -0.25) is 9.69 Å². The Labute approximate surface area is 214 Å². The normalized spacial score (nSPS) is 19.2. The number of hydrogen-bond acceptors (Lipinski definition) is 6. The lowest BCUT2D eigenvalue weighted by Gasteiger charge is -2.18. The highest BCUT2D eigenvalue weighted by Crippen LogP contribution is 2.36. The van der Waals surface area contributed by atoms with Crippen molar-refractivity contribution in [2.45, 2.75) is 32.3 Å². The van der Waals surface area contributed by atoms with Gasteiger partial charge in [0.2, 0.25) is 0 Å².